The summed E-state index contributed by atoms with van der Waals surface area (Å²) >= 11 is 0. The summed E-state index contributed by atoms with van der Waals surface area (Å²) in [5.74, 6) is 0. The zero-order chi connectivity index (χ0) is 10.1. The van der Waals surface area contributed by atoms with Crippen LogP contribution in [0.4, 0.5) is 0 Å². The van der Waals surface area contributed by atoms with Gasteiger partial charge >= 0.3 is 0 Å². The molecule has 0 saturated heterocycles. The zero-order valence-electron chi connectivity index (χ0n) is 8.10. The molecule has 3 heteroatoms. The van der Waals surface area contributed by atoms with Gasteiger partial charge in [0, 0.05) is 13.8 Å². The van der Waals surface area contributed by atoms with Gasteiger partial charge in [-0.25, -0.2) is 0 Å². The third-order valence-electron chi connectivity index (χ3n) is 1.37. The highest BCUT2D eigenvalue weighted by Gasteiger charge is 2.00. The summed E-state index contributed by atoms with van der Waals surface area (Å²) in [6.45, 7) is 4.00. The molecule has 0 aromatic carbocycles. The molecule has 0 saturated carbocycles. The van der Waals surface area contributed by atoms with E-state index in [1.807, 2.05) is 26.0 Å². The first-order chi connectivity index (χ1) is 6.33. The number of aromatic nitrogens is 1. The van der Waals surface area contributed by atoms with Gasteiger partial charge < -0.3 is 10.5 Å². The molecule has 0 bridgehead atoms. The molecule has 0 aliphatic carbocycles. The van der Waals surface area contributed by atoms with Crippen LogP contribution >= 0.6 is 0 Å². The fraction of sp³-hybridized carbons (Fsp3) is 0.400. The molecule has 13 heavy (non-hydrogen) atoms. The topological polar surface area (TPSA) is 56.0 Å². The van der Waals surface area contributed by atoms with Gasteiger partial charge in [-0.3, -0.25) is 4.98 Å². The molecule has 0 spiro atoms. The third kappa shape index (κ3) is 5.09. The first-order valence-corrected chi connectivity index (χ1v) is 4.42. The second-order valence-corrected chi connectivity index (χ2v) is 2.37. The molecular weight excluding hydrogens is 164 g/mol. The van der Waals surface area contributed by atoms with E-state index in [9.17, 15) is 4.79 Å². The van der Waals surface area contributed by atoms with E-state index in [4.69, 9.17) is 5.73 Å². The zero-order valence-corrected chi connectivity index (χ0v) is 8.10. The van der Waals surface area contributed by atoms with E-state index in [1.165, 1.54) is 0 Å². The smallest absolute Gasteiger partial charge is 0.137 e. The van der Waals surface area contributed by atoms with Crippen molar-refractivity contribution < 1.29 is 6.22 Å². The van der Waals surface area contributed by atoms with Crippen molar-refractivity contribution in [2.24, 2.45) is 5.73 Å². The number of rotatable bonds is 3. The Kier molecular flexibility index (Phi) is 6.73. The quantitative estimate of drug-likeness (QED) is 0.719. The average Bonchev–Trinajstić information content (AvgIpc) is 2.22. The Hall–Kier alpha value is -1.22. The van der Waals surface area contributed by atoms with Crippen LogP contribution in [-0.2, 0) is 11.2 Å². The van der Waals surface area contributed by atoms with Crippen molar-refractivity contribution in [2.45, 2.75) is 26.3 Å². The van der Waals surface area contributed by atoms with Crippen molar-refractivity contribution in [3.05, 3.63) is 30.1 Å². The molecular formula is C10H18N2O. The van der Waals surface area contributed by atoms with E-state index in [1.54, 1.807) is 12.4 Å². The lowest BCUT2D eigenvalue weighted by Crippen LogP contribution is -2.24. The summed E-state index contributed by atoms with van der Waals surface area (Å²) in [5.41, 5.74) is 6.40. The number of nitrogens with zero attached hydrogens (tertiary/aromatic N) is 1. The molecule has 0 unspecified atom stereocenters. The minimum atomic E-state index is -0.404. The first-order valence-electron chi connectivity index (χ1n) is 4.42. The van der Waals surface area contributed by atoms with E-state index in [0.717, 1.165) is 11.8 Å². The van der Waals surface area contributed by atoms with Crippen LogP contribution < -0.4 is 5.73 Å². The normalized spacial score (nSPS) is 11.0. The Labute approximate surface area is 80.5 Å². The molecule has 74 valence electrons. The number of carbonyl (C=O) groups excluding carboxylic acids is 1. The van der Waals surface area contributed by atoms with Crippen LogP contribution in [0, 0.1) is 0 Å². The van der Waals surface area contributed by atoms with Gasteiger partial charge in [-0.05, 0) is 18.1 Å². The van der Waals surface area contributed by atoms with E-state index >= 15 is 0 Å². The van der Waals surface area contributed by atoms with Gasteiger partial charge in [0.1, 0.15) is 6.29 Å². The Morgan fingerprint density at radius 2 is 2.38 bits per heavy atom. The van der Waals surface area contributed by atoms with Crippen LogP contribution in [-0.4, -0.2) is 17.3 Å². The fourth-order valence-corrected chi connectivity index (χ4v) is 0.839. The molecule has 0 fully saturated rings. The number of pyridine rings is 1. The number of hydrogen-bond donors (Lipinski definition) is 1. The van der Waals surface area contributed by atoms with Crippen LogP contribution in [0.25, 0.3) is 0 Å². The monoisotopic (exact) mass is 182 g/mol. The lowest BCUT2D eigenvalue weighted by atomic mass is 10.1. The van der Waals surface area contributed by atoms with Gasteiger partial charge in [-0.15, -0.1) is 0 Å². The molecule has 0 radical (unpaired) electrons. The van der Waals surface area contributed by atoms with Gasteiger partial charge in [0.25, 0.3) is 0 Å². The Balaban J connectivity index is 0. The van der Waals surface area contributed by atoms with E-state index < -0.39 is 6.04 Å². The molecule has 1 heterocycles. The highest BCUT2D eigenvalue weighted by molar-refractivity contribution is 5.57. The number of nitrogens with two attached hydrogens (primary N) is 1. The SMILES string of the molecule is CC.N[C@H](C=O)Cc1cccnc1.[HH]. The molecule has 0 aliphatic heterocycles. The number of carbonyl (C=O) groups is 1. The molecule has 2 N–H and O–H groups in total. The minimum absolute atomic E-state index is 0. The van der Waals surface area contributed by atoms with Gasteiger partial charge in [-0.1, -0.05) is 19.9 Å². The lowest BCUT2D eigenvalue weighted by molar-refractivity contribution is -0.108. The first kappa shape index (κ1) is 11.8. The summed E-state index contributed by atoms with van der Waals surface area (Å²) in [6, 6.07) is 3.32. The second-order valence-electron chi connectivity index (χ2n) is 2.37. The summed E-state index contributed by atoms with van der Waals surface area (Å²) in [7, 11) is 0. The summed E-state index contributed by atoms with van der Waals surface area (Å²) in [6.07, 6.45) is 4.71. The Bertz CT molecular complexity index is 229. The maximum Gasteiger partial charge on any atom is 0.137 e. The molecule has 3 nitrogen and oxygen atoms in total. The predicted octanol–water partition coefficient (Wildman–Crippen LogP) is 1.42. The van der Waals surface area contributed by atoms with Crippen molar-refractivity contribution in [1.82, 2.24) is 4.98 Å². The van der Waals surface area contributed by atoms with Crippen molar-refractivity contribution in [2.75, 3.05) is 0 Å². The highest BCUT2D eigenvalue weighted by atomic mass is 16.1. The van der Waals surface area contributed by atoms with Crippen molar-refractivity contribution in [1.29, 1.82) is 0 Å². The van der Waals surface area contributed by atoms with E-state index in [0.29, 0.717) is 6.42 Å². The van der Waals surface area contributed by atoms with Gasteiger partial charge in [0.15, 0.2) is 0 Å². The maximum absolute atomic E-state index is 10.2. The Morgan fingerprint density at radius 3 is 2.85 bits per heavy atom. The third-order valence-corrected chi connectivity index (χ3v) is 1.37. The van der Waals surface area contributed by atoms with Crippen LogP contribution in [0.1, 0.15) is 20.8 Å². The molecule has 1 aromatic rings. The highest BCUT2D eigenvalue weighted by Crippen LogP contribution is 1.97. The molecule has 0 aliphatic rings. The van der Waals surface area contributed by atoms with Crippen LogP contribution in [0.15, 0.2) is 24.5 Å². The molecule has 0 amide bonds. The number of aldehydes is 1. The number of hydrogen-bond acceptors (Lipinski definition) is 3. The van der Waals surface area contributed by atoms with Crippen LogP contribution in [0.5, 0.6) is 0 Å². The van der Waals surface area contributed by atoms with E-state index in [-0.39, 0.29) is 1.43 Å². The van der Waals surface area contributed by atoms with Crippen molar-refractivity contribution >= 4 is 6.29 Å². The average molecular weight is 182 g/mol. The van der Waals surface area contributed by atoms with Crippen LogP contribution in [0.3, 0.4) is 0 Å². The minimum Gasteiger partial charge on any atom is -0.321 e. The van der Waals surface area contributed by atoms with Gasteiger partial charge in [0.2, 0.25) is 0 Å². The maximum atomic E-state index is 10.2. The summed E-state index contributed by atoms with van der Waals surface area (Å²) in [4.78, 5) is 14.1. The molecule has 1 atom stereocenters. The van der Waals surface area contributed by atoms with Crippen LogP contribution in [0.2, 0.25) is 0 Å². The molecule has 1 aromatic heterocycles. The van der Waals surface area contributed by atoms with Crippen molar-refractivity contribution in [3.8, 4) is 0 Å². The fourth-order valence-electron chi connectivity index (χ4n) is 0.839. The molecule has 1 rings (SSSR count). The van der Waals surface area contributed by atoms with Crippen molar-refractivity contribution in [3.63, 3.8) is 0 Å². The Morgan fingerprint density at radius 1 is 1.69 bits per heavy atom. The predicted molar refractivity (Wildman–Crippen MR) is 55.4 cm³/mol. The van der Waals surface area contributed by atoms with Gasteiger partial charge in [-0.2, -0.15) is 0 Å². The lowest BCUT2D eigenvalue weighted by Gasteiger charge is -2.01. The van der Waals surface area contributed by atoms with Gasteiger partial charge in [0.05, 0.1) is 6.04 Å². The largest absolute Gasteiger partial charge is 0.321 e. The standard InChI is InChI=1S/C8H10N2O.C2H6.H2/c9-8(6-11)4-7-2-1-3-10-5-7;1-2;/h1-3,5-6,8H,4,9H2;1-2H3;1H/t8-;;/m0../s1. The second kappa shape index (κ2) is 7.43. The summed E-state index contributed by atoms with van der Waals surface area (Å²) < 4.78 is 0. The summed E-state index contributed by atoms with van der Waals surface area (Å²) in [5, 5.41) is 0. The van der Waals surface area contributed by atoms with E-state index in [2.05, 4.69) is 4.98 Å².